The van der Waals surface area contributed by atoms with E-state index in [0.29, 0.717) is 30.4 Å². The van der Waals surface area contributed by atoms with Crippen LogP contribution in [-0.4, -0.2) is 91.8 Å². The molecule has 0 radical (unpaired) electrons. The third-order valence-electron chi connectivity index (χ3n) is 9.08. The number of carbonyl (C=O) groups excluding carboxylic acids is 6. The molecule has 1 aliphatic rings. The van der Waals surface area contributed by atoms with Crippen LogP contribution in [0.2, 0.25) is 0 Å². The van der Waals surface area contributed by atoms with Gasteiger partial charge in [0, 0.05) is 55.9 Å². The molecule has 318 valence electrons. The van der Waals surface area contributed by atoms with E-state index in [2.05, 4.69) is 20.7 Å². The second-order valence-corrected chi connectivity index (χ2v) is 14.7. The lowest BCUT2D eigenvalue weighted by Crippen LogP contribution is -2.52. The van der Waals surface area contributed by atoms with Gasteiger partial charge in [-0.3, -0.25) is 39.7 Å². The number of alkyl halides is 3. The molecule has 0 fully saturated rings. The van der Waals surface area contributed by atoms with Gasteiger partial charge in [0.25, 0.3) is 29.9 Å². The number of rotatable bonds is 17. The zero-order valence-corrected chi connectivity index (χ0v) is 32.3. The van der Waals surface area contributed by atoms with Crippen LogP contribution in [0.3, 0.4) is 0 Å². The minimum absolute atomic E-state index is 0.0355. The minimum Gasteiger partial charge on any atom is -0.419 e. The van der Waals surface area contributed by atoms with Crippen molar-refractivity contribution in [1.82, 2.24) is 30.4 Å². The number of aliphatic hydroxyl groups is 1. The van der Waals surface area contributed by atoms with Gasteiger partial charge in [0.15, 0.2) is 0 Å². The second-order valence-electron chi connectivity index (χ2n) is 14.7. The largest absolute Gasteiger partial charge is 0.491 e. The Hall–Kier alpha value is -6.02. The van der Waals surface area contributed by atoms with Gasteiger partial charge in [0.05, 0.1) is 17.8 Å². The standard InChI is InChI=1S/C39H44F5N7O8/c1-38(2,3)33(32-24(20-23-10-6-4-7-11-23)22-51(48-32)28-21-25(40)13-14-26(28)41)50(35(56)36(57)59-37(58)39(42,43)44)19-17-27(45)34(55)47-46-29(52)12-8-5-9-18-49-30(53)15-16-31(49)54/h4,6-7,10-11,13-16,21-22,27,33,36,57H,5,8-9,12,17-20,45H2,1-3H3,(H,46,52)(H,47,55)/t27-,33-,36?/m0/s1. The fraction of sp³-hybridized carbons (Fsp3) is 0.410. The minimum atomic E-state index is -5.58. The lowest BCUT2D eigenvalue weighted by atomic mass is 9.81. The van der Waals surface area contributed by atoms with Crippen molar-refractivity contribution in [3.8, 4) is 5.69 Å². The molecule has 59 heavy (non-hydrogen) atoms. The van der Waals surface area contributed by atoms with Gasteiger partial charge in [-0.25, -0.2) is 18.3 Å². The SMILES string of the molecule is CC(C)(C)[C@H](c1nn(-c2cc(F)ccc2F)cc1Cc1ccccc1)N(CC[C@H](N)C(=O)NNC(=O)CCCCCN1C(=O)C=CC1=O)C(=O)C(O)OC(=O)C(F)(F)F. The van der Waals surface area contributed by atoms with Crippen LogP contribution in [0, 0.1) is 17.0 Å². The molecule has 5 N–H and O–H groups in total. The van der Waals surface area contributed by atoms with Crippen molar-refractivity contribution in [3.63, 3.8) is 0 Å². The van der Waals surface area contributed by atoms with E-state index in [1.165, 1.54) is 6.20 Å². The molecule has 0 saturated heterocycles. The smallest absolute Gasteiger partial charge is 0.419 e. The highest BCUT2D eigenvalue weighted by molar-refractivity contribution is 6.12. The van der Waals surface area contributed by atoms with Crippen LogP contribution < -0.4 is 16.6 Å². The number of nitrogens with two attached hydrogens (primary N) is 1. The van der Waals surface area contributed by atoms with Crippen LogP contribution in [0.25, 0.3) is 5.69 Å². The molecule has 3 aromatic rings. The first-order chi connectivity index (χ1) is 27.7. The Bertz CT molecular complexity index is 2030. The molecule has 0 saturated carbocycles. The van der Waals surface area contributed by atoms with E-state index in [0.717, 1.165) is 44.8 Å². The Morgan fingerprint density at radius 2 is 1.61 bits per heavy atom. The number of esters is 1. The number of unbranched alkanes of at least 4 members (excludes halogenated alkanes) is 2. The van der Waals surface area contributed by atoms with Gasteiger partial charge >= 0.3 is 12.1 Å². The van der Waals surface area contributed by atoms with Crippen LogP contribution in [0.5, 0.6) is 0 Å². The number of hydrogen-bond acceptors (Lipinski definition) is 10. The van der Waals surface area contributed by atoms with Crippen molar-refractivity contribution in [2.75, 3.05) is 13.1 Å². The number of nitrogens with zero attached hydrogens (tertiary/aromatic N) is 4. The zero-order chi connectivity index (χ0) is 43.7. The van der Waals surface area contributed by atoms with Crippen molar-refractivity contribution in [2.45, 2.75) is 83.8 Å². The maximum absolute atomic E-state index is 15.1. The average Bonchev–Trinajstić information content (AvgIpc) is 3.72. The monoisotopic (exact) mass is 833 g/mol. The van der Waals surface area contributed by atoms with Crippen LogP contribution in [0.15, 0.2) is 66.9 Å². The summed E-state index contributed by atoms with van der Waals surface area (Å²) in [5.74, 6) is -8.44. The number of ether oxygens (including phenoxy) is 1. The van der Waals surface area contributed by atoms with Gasteiger partial charge in [-0.15, -0.1) is 0 Å². The molecule has 2 heterocycles. The lowest BCUT2D eigenvalue weighted by Gasteiger charge is -2.40. The van der Waals surface area contributed by atoms with Crippen LogP contribution in [0.1, 0.15) is 75.7 Å². The first-order valence-electron chi connectivity index (χ1n) is 18.4. The summed E-state index contributed by atoms with van der Waals surface area (Å²) in [4.78, 5) is 76.2. The van der Waals surface area contributed by atoms with E-state index in [1.807, 2.05) is 0 Å². The summed E-state index contributed by atoms with van der Waals surface area (Å²) in [5.41, 5.74) is 10.1. The van der Waals surface area contributed by atoms with Gasteiger partial charge in [-0.05, 0) is 42.4 Å². The molecular weight excluding hydrogens is 789 g/mol. The predicted molar refractivity (Wildman–Crippen MR) is 198 cm³/mol. The molecule has 5 amide bonds. The van der Waals surface area contributed by atoms with Gasteiger partial charge in [-0.1, -0.05) is 57.5 Å². The summed E-state index contributed by atoms with van der Waals surface area (Å²) in [7, 11) is 0. The van der Waals surface area contributed by atoms with Gasteiger partial charge in [0.2, 0.25) is 5.91 Å². The van der Waals surface area contributed by atoms with Crippen LogP contribution in [0.4, 0.5) is 22.0 Å². The third kappa shape index (κ3) is 12.5. The predicted octanol–water partition coefficient (Wildman–Crippen LogP) is 3.43. The lowest BCUT2D eigenvalue weighted by molar-refractivity contribution is -0.222. The first kappa shape index (κ1) is 45.7. The van der Waals surface area contributed by atoms with E-state index in [9.17, 15) is 51.4 Å². The van der Waals surface area contributed by atoms with Crippen molar-refractivity contribution < 1.29 is 60.6 Å². The molecule has 20 heteroatoms. The number of imide groups is 1. The number of aliphatic hydroxyl groups excluding tert-OH is 1. The maximum Gasteiger partial charge on any atom is 0.491 e. The molecule has 2 aromatic carbocycles. The van der Waals surface area contributed by atoms with Gasteiger partial charge in [-0.2, -0.15) is 18.3 Å². The second kappa shape index (κ2) is 19.6. The van der Waals surface area contributed by atoms with Gasteiger partial charge in [0.1, 0.15) is 17.3 Å². The highest BCUT2D eigenvalue weighted by Crippen LogP contribution is 2.40. The molecular formula is C39H44F5N7O8. The number of hydrazine groups is 1. The Balaban J connectivity index is 1.57. The zero-order valence-electron chi connectivity index (χ0n) is 32.3. The van der Waals surface area contributed by atoms with Crippen LogP contribution in [-0.2, 0) is 39.9 Å². The number of nitrogens with one attached hydrogen (secondary N) is 2. The number of amides is 5. The summed E-state index contributed by atoms with van der Waals surface area (Å²) in [5, 5.41) is 15.1. The molecule has 1 unspecified atom stereocenters. The Morgan fingerprint density at radius 1 is 0.949 bits per heavy atom. The molecule has 4 rings (SSSR count). The molecule has 0 spiro atoms. The molecule has 0 bridgehead atoms. The maximum atomic E-state index is 15.1. The number of aromatic nitrogens is 2. The molecule has 0 aliphatic carbocycles. The Kier molecular flexibility index (Phi) is 15.2. The summed E-state index contributed by atoms with van der Waals surface area (Å²) < 4.78 is 73.9. The summed E-state index contributed by atoms with van der Waals surface area (Å²) >= 11 is 0. The van der Waals surface area contributed by atoms with E-state index >= 15 is 4.39 Å². The van der Waals surface area contributed by atoms with Crippen molar-refractivity contribution in [1.29, 1.82) is 0 Å². The fourth-order valence-electron chi connectivity index (χ4n) is 6.22. The van der Waals surface area contributed by atoms with E-state index < -0.39 is 90.1 Å². The van der Waals surface area contributed by atoms with Crippen molar-refractivity contribution in [3.05, 3.63) is 95.3 Å². The summed E-state index contributed by atoms with van der Waals surface area (Å²) in [6.45, 7) is 4.45. The number of carbonyl (C=O) groups is 6. The first-order valence-corrected chi connectivity index (χ1v) is 18.4. The molecule has 3 atom stereocenters. The molecule has 1 aliphatic heterocycles. The quantitative estimate of drug-likeness (QED) is 0.0390. The van der Waals surface area contributed by atoms with Gasteiger partial charge < -0.3 is 20.5 Å². The highest BCUT2D eigenvalue weighted by Gasteiger charge is 2.46. The summed E-state index contributed by atoms with van der Waals surface area (Å²) in [6.07, 6.45) is -3.98. The van der Waals surface area contributed by atoms with Crippen molar-refractivity contribution in [2.24, 2.45) is 11.1 Å². The average molecular weight is 834 g/mol. The van der Waals surface area contributed by atoms with E-state index in [4.69, 9.17) is 5.73 Å². The number of halogens is 5. The van der Waals surface area contributed by atoms with E-state index in [1.54, 1.807) is 51.1 Å². The van der Waals surface area contributed by atoms with Crippen molar-refractivity contribution >= 4 is 35.5 Å². The topological polar surface area (TPSA) is 206 Å². The molecule has 15 nitrogen and oxygen atoms in total. The molecule has 1 aromatic heterocycles. The number of benzene rings is 2. The van der Waals surface area contributed by atoms with Crippen LogP contribution >= 0.6 is 0 Å². The fourth-order valence-corrected chi connectivity index (χ4v) is 6.22. The normalized spacial score (nSPS) is 14.5. The highest BCUT2D eigenvalue weighted by atomic mass is 19.4. The summed E-state index contributed by atoms with van der Waals surface area (Å²) in [6, 6.07) is 8.61. The number of hydrogen-bond donors (Lipinski definition) is 4. The third-order valence-corrected chi connectivity index (χ3v) is 9.08. The van der Waals surface area contributed by atoms with E-state index in [-0.39, 0.29) is 30.8 Å². The Labute approximate surface area is 335 Å². The Morgan fingerprint density at radius 3 is 2.24 bits per heavy atom.